The highest BCUT2D eigenvalue weighted by Crippen LogP contribution is 2.14. The number of halogens is 1. The van der Waals surface area contributed by atoms with Gasteiger partial charge in [-0.15, -0.1) is 0 Å². The van der Waals surface area contributed by atoms with Gasteiger partial charge >= 0.3 is 0 Å². The van der Waals surface area contributed by atoms with Crippen LogP contribution >= 0.6 is 15.9 Å². The zero-order valence-electron chi connectivity index (χ0n) is 11.0. The second-order valence-electron chi connectivity index (χ2n) is 4.27. The van der Waals surface area contributed by atoms with E-state index in [1.54, 1.807) is 10.7 Å². The number of carbonyl (C=O) groups excluding carboxylic acids is 1. The molecule has 0 radical (unpaired) electrons. The first-order chi connectivity index (χ1) is 9.13. The summed E-state index contributed by atoms with van der Waals surface area (Å²) in [5.74, 6) is -0.130. The number of nitrogens with zero attached hydrogens (tertiary/aromatic N) is 2. The predicted molar refractivity (Wildman–Crippen MR) is 79.7 cm³/mol. The summed E-state index contributed by atoms with van der Waals surface area (Å²) in [5, 5.41) is 7.94. The largest absolute Gasteiger partial charge is 0.321 e. The van der Waals surface area contributed by atoms with Crippen molar-refractivity contribution >= 4 is 27.5 Å². The third-order valence-corrected chi connectivity index (χ3v) is 3.42. The van der Waals surface area contributed by atoms with Crippen molar-refractivity contribution in [1.82, 2.24) is 9.78 Å². The Morgan fingerprint density at radius 1 is 1.42 bits per heavy atom. The predicted octanol–water partition coefficient (Wildman–Crippen LogP) is 3.36. The molecular weight excluding hydrogens is 306 g/mol. The van der Waals surface area contributed by atoms with Crippen LogP contribution in [-0.2, 0) is 11.9 Å². The van der Waals surface area contributed by atoms with Crippen LogP contribution in [0.4, 0.5) is 5.69 Å². The summed E-state index contributed by atoms with van der Waals surface area (Å²) in [6.07, 6.45) is 0. The summed E-state index contributed by atoms with van der Waals surface area (Å²) in [6.45, 7) is 4.53. The van der Waals surface area contributed by atoms with Crippen LogP contribution in [0.1, 0.15) is 28.7 Å². The van der Waals surface area contributed by atoms with Crippen molar-refractivity contribution in [2.24, 2.45) is 0 Å². The molecule has 0 spiro atoms. The van der Waals surface area contributed by atoms with Crippen LogP contribution in [0, 0.1) is 6.92 Å². The summed E-state index contributed by atoms with van der Waals surface area (Å²) in [5.41, 5.74) is 3.35. The van der Waals surface area contributed by atoms with E-state index in [4.69, 9.17) is 0 Å². The number of nitrogens with one attached hydrogen (secondary N) is 1. The molecule has 1 aromatic carbocycles. The first-order valence-corrected chi connectivity index (χ1v) is 7.27. The maximum Gasteiger partial charge on any atom is 0.273 e. The molecule has 19 heavy (non-hydrogen) atoms. The third-order valence-electron chi connectivity index (χ3n) is 2.77. The first-order valence-electron chi connectivity index (χ1n) is 6.14. The normalized spacial score (nSPS) is 10.5. The average Bonchev–Trinajstić information content (AvgIpc) is 2.80. The quantitative estimate of drug-likeness (QED) is 0.878. The molecule has 0 saturated carbocycles. The number of anilines is 1. The van der Waals surface area contributed by atoms with Crippen molar-refractivity contribution in [3.63, 3.8) is 0 Å². The van der Waals surface area contributed by atoms with Gasteiger partial charge in [0.1, 0.15) is 5.69 Å². The van der Waals surface area contributed by atoms with Crippen molar-refractivity contribution in [1.29, 1.82) is 0 Å². The summed E-state index contributed by atoms with van der Waals surface area (Å²) < 4.78 is 1.71. The van der Waals surface area contributed by atoms with Gasteiger partial charge in [-0.2, -0.15) is 5.10 Å². The van der Waals surface area contributed by atoms with Crippen molar-refractivity contribution in [2.75, 3.05) is 5.32 Å². The Morgan fingerprint density at radius 3 is 2.89 bits per heavy atom. The Labute approximate surface area is 120 Å². The molecular formula is C14H16BrN3O. The molecule has 0 unspecified atom stereocenters. The molecule has 5 heteroatoms. The highest BCUT2D eigenvalue weighted by atomic mass is 79.9. The fraction of sp³-hybridized carbons (Fsp3) is 0.286. The summed E-state index contributed by atoms with van der Waals surface area (Å²) in [6, 6.07) is 9.56. The van der Waals surface area contributed by atoms with Crippen LogP contribution < -0.4 is 5.32 Å². The minimum atomic E-state index is -0.130. The van der Waals surface area contributed by atoms with Gasteiger partial charge in [-0.05, 0) is 37.6 Å². The molecule has 2 rings (SSSR count). The minimum Gasteiger partial charge on any atom is -0.321 e. The van der Waals surface area contributed by atoms with Gasteiger partial charge in [0.2, 0.25) is 0 Å². The van der Waals surface area contributed by atoms with Crippen LogP contribution in [0.15, 0.2) is 30.3 Å². The molecule has 0 aliphatic heterocycles. The molecule has 1 aromatic heterocycles. The monoisotopic (exact) mass is 321 g/mol. The lowest BCUT2D eigenvalue weighted by Crippen LogP contribution is -2.17. The molecule has 100 valence electrons. The first kappa shape index (κ1) is 13.8. The lowest BCUT2D eigenvalue weighted by molar-refractivity contribution is 0.101. The topological polar surface area (TPSA) is 46.9 Å². The minimum absolute atomic E-state index is 0.130. The molecule has 0 atom stereocenters. The summed E-state index contributed by atoms with van der Waals surface area (Å²) in [4.78, 5) is 12.2. The smallest absolute Gasteiger partial charge is 0.273 e. The lowest BCUT2D eigenvalue weighted by Gasteiger charge is -2.07. The Kier molecular flexibility index (Phi) is 4.37. The van der Waals surface area contributed by atoms with Crippen LogP contribution in [0.2, 0.25) is 0 Å². The van der Waals surface area contributed by atoms with E-state index < -0.39 is 0 Å². The van der Waals surface area contributed by atoms with Crippen LogP contribution in [0.25, 0.3) is 0 Å². The maximum absolute atomic E-state index is 12.2. The van der Waals surface area contributed by atoms with Crippen LogP contribution in [0.5, 0.6) is 0 Å². The third kappa shape index (κ3) is 3.23. The van der Waals surface area contributed by atoms with Gasteiger partial charge in [-0.3, -0.25) is 9.48 Å². The molecule has 0 saturated heterocycles. The highest BCUT2D eigenvalue weighted by molar-refractivity contribution is 9.08. The van der Waals surface area contributed by atoms with E-state index in [-0.39, 0.29) is 5.91 Å². The SMILES string of the molecule is CCn1nc(C)cc1C(=O)Nc1cccc(CBr)c1. The van der Waals surface area contributed by atoms with E-state index in [1.165, 1.54) is 0 Å². The van der Waals surface area contributed by atoms with E-state index >= 15 is 0 Å². The van der Waals surface area contributed by atoms with Crippen LogP contribution in [0.3, 0.4) is 0 Å². The van der Waals surface area contributed by atoms with Crippen molar-refractivity contribution < 1.29 is 4.79 Å². The Bertz CT molecular complexity index is 592. The van der Waals surface area contributed by atoms with Crippen LogP contribution in [-0.4, -0.2) is 15.7 Å². The van der Waals surface area contributed by atoms with Gasteiger partial charge < -0.3 is 5.32 Å². The Hall–Kier alpha value is -1.62. The molecule has 0 aliphatic carbocycles. The standard InChI is InChI=1S/C14H16BrN3O/c1-3-18-13(7-10(2)17-18)14(19)16-12-6-4-5-11(8-12)9-15/h4-8H,3,9H2,1-2H3,(H,16,19). The van der Waals surface area contributed by atoms with E-state index in [9.17, 15) is 4.79 Å². The summed E-state index contributed by atoms with van der Waals surface area (Å²) in [7, 11) is 0. The van der Waals surface area contributed by atoms with E-state index in [0.717, 1.165) is 22.3 Å². The van der Waals surface area contributed by atoms with E-state index in [1.807, 2.05) is 38.1 Å². The number of hydrogen-bond acceptors (Lipinski definition) is 2. The summed E-state index contributed by atoms with van der Waals surface area (Å²) >= 11 is 3.40. The van der Waals surface area contributed by atoms with Gasteiger partial charge in [0, 0.05) is 17.6 Å². The van der Waals surface area contributed by atoms with Crippen molar-refractivity contribution in [2.45, 2.75) is 25.7 Å². The Morgan fingerprint density at radius 2 is 2.21 bits per heavy atom. The average molecular weight is 322 g/mol. The highest BCUT2D eigenvalue weighted by Gasteiger charge is 2.13. The van der Waals surface area contributed by atoms with Gasteiger partial charge in [-0.25, -0.2) is 0 Å². The number of aryl methyl sites for hydroxylation is 2. The zero-order valence-corrected chi connectivity index (χ0v) is 12.6. The Balaban J connectivity index is 2.20. The number of hydrogen-bond donors (Lipinski definition) is 1. The number of alkyl halides is 1. The molecule has 0 aliphatic rings. The lowest BCUT2D eigenvalue weighted by atomic mass is 10.2. The second kappa shape index (κ2) is 6.02. The fourth-order valence-corrected chi connectivity index (χ4v) is 2.25. The molecule has 1 heterocycles. The van der Waals surface area contributed by atoms with E-state index in [0.29, 0.717) is 12.2 Å². The number of carbonyl (C=O) groups is 1. The van der Waals surface area contributed by atoms with E-state index in [2.05, 4.69) is 26.3 Å². The van der Waals surface area contributed by atoms with Gasteiger partial charge in [0.05, 0.1) is 5.69 Å². The number of rotatable bonds is 4. The maximum atomic E-state index is 12.2. The zero-order chi connectivity index (χ0) is 13.8. The molecule has 1 N–H and O–H groups in total. The van der Waals surface area contributed by atoms with Gasteiger partial charge in [0.15, 0.2) is 0 Å². The van der Waals surface area contributed by atoms with Crippen molar-refractivity contribution in [3.05, 3.63) is 47.3 Å². The van der Waals surface area contributed by atoms with Crippen molar-refractivity contribution in [3.8, 4) is 0 Å². The fourth-order valence-electron chi connectivity index (χ4n) is 1.90. The number of benzene rings is 1. The molecule has 0 fully saturated rings. The second-order valence-corrected chi connectivity index (χ2v) is 4.84. The molecule has 4 nitrogen and oxygen atoms in total. The van der Waals surface area contributed by atoms with Gasteiger partial charge in [-0.1, -0.05) is 28.1 Å². The number of amides is 1. The molecule has 1 amide bonds. The molecule has 0 bridgehead atoms. The molecule has 2 aromatic rings. The number of aromatic nitrogens is 2. The van der Waals surface area contributed by atoms with Gasteiger partial charge in [0.25, 0.3) is 5.91 Å².